The van der Waals surface area contributed by atoms with E-state index >= 15 is 0 Å². The quantitative estimate of drug-likeness (QED) is 0.474. The van der Waals surface area contributed by atoms with Crippen LogP contribution < -0.4 is 5.73 Å². The Hall–Kier alpha value is -0.820. The lowest BCUT2D eigenvalue weighted by Gasteiger charge is -2.05. The Kier molecular flexibility index (Phi) is 6.10. The minimum absolute atomic E-state index is 0.789. The molecule has 1 rings (SSSR count). The molecule has 0 saturated carbocycles. The van der Waals surface area contributed by atoms with E-state index in [1.54, 1.807) is 5.57 Å². The molecule has 0 unspecified atom stereocenters. The predicted molar refractivity (Wildman–Crippen MR) is 67.7 cm³/mol. The van der Waals surface area contributed by atoms with E-state index in [0.717, 1.165) is 19.4 Å². The van der Waals surface area contributed by atoms with Crippen molar-refractivity contribution in [2.75, 3.05) is 6.54 Å². The van der Waals surface area contributed by atoms with E-state index in [9.17, 15) is 0 Å². The minimum Gasteiger partial charge on any atom is -0.330 e. The molecule has 0 spiro atoms. The molecule has 1 aliphatic carbocycles. The third-order valence-corrected chi connectivity index (χ3v) is 2.86. The molecule has 0 aromatic heterocycles. The molecule has 0 atom stereocenters. The van der Waals surface area contributed by atoms with Crippen LogP contribution in [0.2, 0.25) is 0 Å². The Morgan fingerprint density at radius 3 is 2.73 bits per heavy atom. The van der Waals surface area contributed by atoms with Crippen molar-refractivity contribution in [1.82, 2.24) is 0 Å². The van der Waals surface area contributed by atoms with Crippen molar-refractivity contribution >= 4 is 0 Å². The molecule has 15 heavy (non-hydrogen) atoms. The van der Waals surface area contributed by atoms with Crippen molar-refractivity contribution in [2.45, 2.75) is 44.9 Å². The SMILES string of the molecule is C=C(CCCN)CCCCC1=CC=CC1. The Morgan fingerprint density at radius 2 is 2.07 bits per heavy atom. The molecule has 0 radical (unpaired) electrons. The van der Waals surface area contributed by atoms with E-state index < -0.39 is 0 Å². The highest BCUT2D eigenvalue weighted by Gasteiger charge is 2.00. The standard InChI is InChI=1S/C14H23N/c1-13(8-6-12-15)7-2-3-9-14-10-4-5-11-14/h4-5,10H,1-3,6-9,11-12,15H2. The monoisotopic (exact) mass is 205 g/mol. The van der Waals surface area contributed by atoms with Gasteiger partial charge in [0.05, 0.1) is 0 Å². The number of rotatable bonds is 8. The van der Waals surface area contributed by atoms with Crippen molar-refractivity contribution in [3.05, 3.63) is 36.0 Å². The molecule has 0 aromatic rings. The van der Waals surface area contributed by atoms with Gasteiger partial charge < -0.3 is 5.73 Å². The van der Waals surface area contributed by atoms with Gasteiger partial charge in [-0.2, -0.15) is 0 Å². The summed E-state index contributed by atoms with van der Waals surface area (Å²) in [6.45, 7) is 4.87. The van der Waals surface area contributed by atoms with Gasteiger partial charge in [0.1, 0.15) is 0 Å². The van der Waals surface area contributed by atoms with Crippen molar-refractivity contribution in [3.8, 4) is 0 Å². The van der Waals surface area contributed by atoms with Gasteiger partial charge in [0.25, 0.3) is 0 Å². The summed E-state index contributed by atoms with van der Waals surface area (Å²) in [6.07, 6.45) is 15.0. The maximum atomic E-state index is 5.46. The highest BCUT2D eigenvalue weighted by atomic mass is 14.5. The van der Waals surface area contributed by atoms with Crippen LogP contribution in [0.3, 0.4) is 0 Å². The zero-order chi connectivity index (χ0) is 10.9. The Labute approximate surface area is 93.7 Å². The van der Waals surface area contributed by atoms with E-state index in [1.807, 2.05) is 0 Å². The third kappa shape index (κ3) is 5.58. The molecule has 0 saturated heterocycles. The molecule has 2 N–H and O–H groups in total. The number of hydrogen-bond acceptors (Lipinski definition) is 1. The fourth-order valence-corrected chi connectivity index (χ4v) is 1.88. The van der Waals surface area contributed by atoms with Crippen LogP contribution in [0.25, 0.3) is 0 Å². The molecule has 0 bridgehead atoms. The smallest absolute Gasteiger partial charge is 0.00742 e. The lowest BCUT2D eigenvalue weighted by atomic mass is 10.0. The first kappa shape index (κ1) is 12.3. The molecule has 1 heteroatoms. The van der Waals surface area contributed by atoms with Gasteiger partial charge in [0.2, 0.25) is 0 Å². The molecule has 0 aromatic carbocycles. The van der Waals surface area contributed by atoms with Gasteiger partial charge in [-0.25, -0.2) is 0 Å². The first-order valence-corrected chi connectivity index (χ1v) is 6.04. The van der Waals surface area contributed by atoms with Gasteiger partial charge in [-0.15, -0.1) is 0 Å². The summed E-state index contributed by atoms with van der Waals surface area (Å²) in [5.74, 6) is 0. The lowest BCUT2D eigenvalue weighted by molar-refractivity contribution is 0.691. The summed E-state index contributed by atoms with van der Waals surface area (Å²) in [7, 11) is 0. The molecule has 1 aliphatic rings. The second-order valence-corrected chi connectivity index (χ2v) is 4.31. The summed E-state index contributed by atoms with van der Waals surface area (Å²) in [4.78, 5) is 0. The average Bonchev–Trinajstić information content (AvgIpc) is 2.74. The van der Waals surface area contributed by atoms with Crippen LogP contribution in [0.4, 0.5) is 0 Å². The van der Waals surface area contributed by atoms with Crippen molar-refractivity contribution in [3.63, 3.8) is 0 Å². The first-order valence-electron chi connectivity index (χ1n) is 6.04. The van der Waals surface area contributed by atoms with Crippen LogP contribution in [0.15, 0.2) is 36.0 Å². The van der Waals surface area contributed by atoms with Crippen molar-refractivity contribution in [2.24, 2.45) is 5.73 Å². The Bertz CT molecular complexity index is 248. The normalized spacial score (nSPS) is 14.3. The van der Waals surface area contributed by atoms with Gasteiger partial charge in [0, 0.05) is 0 Å². The molecular formula is C14H23N. The van der Waals surface area contributed by atoms with E-state index in [-0.39, 0.29) is 0 Å². The highest BCUT2D eigenvalue weighted by molar-refractivity contribution is 5.22. The van der Waals surface area contributed by atoms with Gasteiger partial charge in [-0.05, 0) is 51.5 Å². The summed E-state index contributed by atoms with van der Waals surface area (Å²) < 4.78 is 0. The third-order valence-electron chi connectivity index (χ3n) is 2.86. The van der Waals surface area contributed by atoms with Crippen LogP contribution in [0, 0.1) is 0 Å². The zero-order valence-corrected chi connectivity index (χ0v) is 9.67. The second kappa shape index (κ2) is 7.47. The predicted octanol–water partition coefficient (Wildman–Crippen LogP) is 3.73. The summed E-state index contributed by atoms with van der Waals surface area (Å²) in [6, 6.07) is 0. The molecule has 0 heterocycles. The molecule has 84 valence electrons. The number of nitrogens with two attached hydrogens (primary N) is 1. The first-order chi connectivity index (χ1) is 7.33. The van der Waals surface area contributed by atoms with Gasteiger partial charge in [-0.3, -0.25) is 0 Å². The Morgan fingerprint density at radius 1 is 1.27 bits per heavy atom. The maximum absolute atomic E-state index is 5.46. The average molecular weight is 205 g/mol. The van der Waals surface area contributed by atoms with E-state index in [1.165, 1.54) is 37.7 Å². The summed E-state index contributed by atoms with van der Waals surface area (Å²) >= 11 is 0. The Balaban J connectivity index is 1.94. The summed E-state index contributed by atoms with van der Waals surface area (Å²) in [5.41, 5.74) is 8.42. The van der Waals surface area contributed by atoms with Crippen LogP contribution in [0.5, 0.6) is 0 Å². The number of unbranched alkanes of at least 4 members (excludes halogenated alkanes) is 1. The zero-order valence-electron chi connectivity index (χ0n) is 9.67. The fraction of sp³-hybridized carbons (Fsp3) is 0.571. The molecule has 0 aliphatic heterocycles. The minimum atomic E-state index is 0.789. The molecule has 0 fully saturated rings. The molecule has 0 amide bonds. The van der Waals surface area contributed by atoms with Crippen LogP contribution in [0.1, 0.15) is 44.9 Å². The maximum Gasteiger partial charge on any atom is -0.00742 e. The molecular weight excluding hydrogens is 182 g/mol. The fourth-order valence-electron chi connectivity index (χ4n) is 1.88. The van der Waals surface area contributed by atoms with E-state index in [4.69, 9.17) is 5.73 Å². The molecule has 1 nitrogen and oxygen atoms in total. The van der Waals surface area contributed by atoms with Gasteiger partial charge in [0.15, 0.2) is 0 Å². The van der Waals surface area contributed by atoms with Crippen LogP contribution in [-0.2, 0) is 0 Å². The van der Waals surface area contributed by atoms with Crippen LogP contribution >= 0.6 is 0 Å². The van der Waals surface area contributed by atoms with Gasteiger partial charge in [-0.1, -0.05) is 36.0 Å². The highest BCUT2D eigenvalue weighted by Crippen LogP contribution is 2.19. The van der Waals surface area contributed by atoms with Crippen LogP contribution in [-0.4, -0.2) is 6.54 Å². The van der Waals surface area contributed by atoms with Gasteiger partial charge >= 0.3 is 0 Å². The lowest BCUT2D eigenvalue weighted by Crippen LogP contribution is -1.98. The van der Waals surface area contributed by atoms with E-state index in [0.29, 0.717) is 0 Å². The largest absolute Gasteiger partial charge is 0.330 e. The second-order valence-electron chi connectivity index (χ2n) is 4.31. The summed E-state index contributed by atoms with van der Waals surface area (Å²) in [5, 5.41) is 0. The number of allylic oxidation sites excluding steroid dienone is 5. The number of hydrogen-bond donors (Lipinski definition) is 1. The van der Waals surface area contributed by atoms with E-state index in [2.05, 4.69) is 24.8 Å². The van der Waals surface area contributed by atoms with Crippen molar-refractivity contribution < 1.29 is 0 Å². The van der Waals surface area contributed by atoms with Crippen molar-refractivity contribution in [1.29, 1.82) is 0 Å². The topological polar surface area (TPSA) is 26.0 Å².